The molecule has 132 valence electrons. The molecule has 0 bridgehead atoms. The van der Waals surface area contributed by atoms with E-state index in [9.17, 15) is 14.7 Å². The van der Waals surface area contributed by atoms with E-state index in [2.05, 4.69) is 5.32 Å². The van der Waals surface area contributed by atoms with Crippen LogP contribution in [0, 0.1) is 0 Å². The zero-order chi connectivity index (χ0) is 17.4. The first-order chi connectivity index (χ1) is 11.6. The molecular weight excluding hydrogens is 306 g/mol. The summed E-state index contributed by atoms with van der Waals surface area (Å²) >= 11 is 0. The maximum atomic E-state index is 12.1. The van der Waals surface area contributed by atoms with Crippen molar-refractivity contribution in [2.24, 2.45) is 0 Å². The fraction of sp³-hybridized carbons (Fsp3) is 0.579. The van der Waals surface area contributed by atoms with Crippen molar-refractivity contribution in [3.8, 4) is 0 Å². The first-order valence-corrected chi connectivity index (χ1v) is 8.75. The number of benzene rings is 1. The van der Waals surface area contributed by atoms with Crippen LogP contribution in [0.3, 0.4) is 0 Å². The molecule has 1 aromatic rings. The van der Waals surface area contributed by atoms with E-state index in [0.717, 1.165) is 31.4 Å². The Kier molecular flexibility index (Phi) is 6.79. The van der Waals surface area contributed by atoms with E-state index in [4.69, 9.17) is 4.74 Å². The van der Waals surface area contributed by atoms with E-state index in [1.165, 1.54) is 0 Å². The fourth-order valence-corrected chi connectivity index (χ4v) is 3.20. The van der Waals surface area contributed by atoms with E-state index in [-0.39, 0.29) is 18.6 Å². The van der Waals surface area contributed by atoms with Crippen LogP contribution in [-0.2, 0) is 19.7 Å². The molecule has 0 aromatic heterocycles. The summed E-state index contributed by atoms with van der Waals surface area (Å²) in [5.41, 5.74) is -0.367. The average Bonchev–Trinajstić information content (AvgIpc) is 2.62. The SMILES string of the molecule is CCC(CNC(=O)CCC1CCCCO1)(C(=O)O)c1ccccc1. The molecule has 0 aliphatic carbocycles. The van der Waals surface area contributed by atoms with Crippen LogP contribution in [0.4, 0.5) is 0 Å². The number of carbonyl (C=O) groups is 2. The highest BCUT2D eigenvalue weighted by Gasteiger charge is 2.38. The van der Waals surface area contributed by atoms with Crippen LogP contribution in [0.15, 0.2) is 30.3 Å². The number of aliphatic carboxylic acids is 1. The van der Waals surface area contributed by atoms with Gasteiger partial charge in [0, 0.05) is 19.6 Å². The van der Waals surface area contributed by atoms with Crippen LogP contribution in [0.25, 0.3) is 0 Å². The molecule has 2 unspecified atom stereocenters. The van der Waals surface area contributed by atoms with Crippen molar-refractivity contribution in [3.05, 3.63) is 35.9 Å². The Morgan fingerprint density at radius 1 is 1.29 bits per heavy atom. The second-order valence-electron chi connectivity index (χ2n) is 6.41. The Balaban J connectivity index is 1.92. The van der Waals surface area contributed by atoms with Gasteiger partial charge in [0.05, 0.1) is 6.10 Å². The molecule has 1 aliphatic heterocycles. The van der Waals surface area contributed by atoms with Crippen molar-refractivity contribution in [2.75, 3.05) is 13.2 Å². The van der Waals surface area contributed by atoms with Crippen LogP contribution in [0.5, 0.6) is 0 Å². The highest BCUT2D eigenvalue weighted by molar-refractivity contribution is 5.83. The summed E-state index contributed by atoms with van der Waals surface area (Å²) in [6, 6.07) is 9.11. The third kappa shape index (κ3) is 4.57. The maximum Gasteiger partial charge on any atom is 0.315 e. The van der Waals surface area contributed by atoms with E-state index in [1.54, 1.807) is 12.1 Å². The van der Waals surface area contributed by atoms with E-state index in [0.29, 0.717) is 19.3 Å². The van der Waals surface area contributed by atoms with Gasteiger partial charge in [-0.15, -0.1) is 0 Å². The highest BCUT2D eigenvalue weighted by atomic mass is 16.5. The van der Waals surface area contributed by atoms with Crippen LogP contribution < -0.4 is 5.32 Å². The molecule has 1 amide bonds. The molecule has 5 nitrogen and oxygen atoms in total. The Morgan fingerprint density at radius 3 is 2.62 bits per heavy atom. The van der Waals surface area contributed by atoms with Crippen molar-refractivity contribution >= 4 is 11.9 Å². The lowest BCUT2D eigenvalue weighted by molar-refractivity contribution is -0.144. The molecule has 24 heavy (non-hydrogen) atoms. The third-order valence-corrected chi connectivity index (χ3v) is 4.89. The van der Waals surface area contributed by atoms with Gasteiger partial charge in [0.1, 0.15) is 5.41 Å². The lowest BCUT2D eigenvalue weighted by Crippen LogP contribution is -2.46. The molecule has 2 rings (SSSR count). The summed E-state index contributed by atoms with van der Waals surface area (Å²) in [6.07, 6.45) is 4.90. The number of nitrogens with one attached hydrogen (secondary N) is 1. The molecule has 2 N–H and O–H groups in total. The van der Waals surface area contributed by atoms with E-state index < -0.39 is 11.4 Å². The Bertz CT molecular complexity index is 540. The monoisotopic (exact) mass is 333 g/mol. The summed E-state index contributed by atoms with van der Waals surface area (Å²) in [5.74, 6) is -1.02. The minimum atomic E-state index is -1.09. The zero-order valence-electron chi connectivity index (χ0n) is 14.3. The number of rotatable bonds is 8. The summed E-state index contributed by atoms with van der Waals surface area (Å²) < 4.78 is 5.63. The largest absolute Gasteiger partial charge is 0.481 e. The standard InChI is InChI=1S/C19H27NO4/c1-2-19(18(22)23,15-8-4-3-5-9-15)14-20-17(21)12-11-16-10-6-7-13-24-16/h3-5,8-9,16H,2,6-7,10-14H2,1H3,(H,20,21)(H,22,23). The van der Waals surface area contributed by atoms with Gasteiger partial charge in [-0.2, -0.15) is 0 Å². The van der Waals surface area contributed by atoms with E-state index in [1.807, 2.05) is 25.1 Å². The summed E-state index contributed by atoms with van der Waals surface area (Å²) in [4.78, 5) is 24.0. The lowest BCUT2D eigenvalue weighted by Gasteiger charge is -2.29. The topological polar surface area (TPSA) is 75.6 Å². The molecular formula is C19H27NO4. The molecule has 2 atom stereocenters. The summed E-state index contributed by atoms with van der Waals surface area (Å²) in [6.45, 7) is 2.72. The molecule has 1 heterocycles. The van der Waals surface area contributed by atoms with Gasteiger partial charge in [-0.25, -0.2) is 0 Å². The second-order valence-corrected chi connectivity index (χ2v) is 6.41. The number of amides is 1. The molecule has 1 aliphatic rings. The van der Waals surface area contributed by atoms with Gasteiger partial charge in [0.15, 0.2) is 0 Å². The predicted molar refractivity (Wildman–Crippen MR) is 91.9 cm³/mol. The van der Waals surface area contributed by atoms with E-state index >= 15 is 0 Å². The number of carboxylic acids is 1. The Morgan fingerprint density at radius 2 is 2.04 bits per heavy atom. The molecule has 0 spiro atoms. The van der Waals surface area contributed by atoms with Gasteiger partial charge in [0.25, 0.3) is 0 Å². The normalized spacial score (nSPS) is 20.1. The molecule has 1 saturated heterocycles. The zero-order valence-corrected chi connectivity index (χ0v) is 14.3. The number of carboxylic acid groups (broad SMARTS) is 1. The van der Waals surface area contributed by atoms with Crippen LogP contribution >= 0.6 is 0 Å². The van der Waals surface area contributed by atoms with Crippen molar-refractivity contribution < 1.29 is 19.4 Å². The number of carbonyl (C=O) groups excluding carboxylic acids is 1. The van der Waals surface area contributed by atoms with Crippen molar-refractivity contribution in [2.45, 2.75) is 57.0 Å². The van der Waals surface area contributed by atoms with Crippen molar-refractivity contribution in [1.82, 2.24) is 5.32 Å². The first kappa shape index (κ1) is 18.5. The van der Waals surface area contributed by atoms with Crippen LogP contribution in [-0.4, -0.2) is 36.2 Å². The average molecular weight is 333 g/mol. The number of ether oxygens (including phenoxy) is 1. The van der Waals surface area contributed by atoms with Crippen molar-refractivity contribution in [3.63, 3.8) is 0 Å². The van der Waals surface area contributed by atoms with Gasteiger partial charge < -0.3 is 15.2 Å². The smallest absolute Gasteiger partial charge is 0.315 e. The van der Waals surface area contributed by atoms with Gasteiger partial charge in [-0.05, 0) is 37.7 Å². The van der Waals surface area contributed by atoms with Crippen molar-refractivity contribution in [1.29, 1.82) is 0 Å². The van der Waals surface area contributed by atoms with Gasteiger partial charge in [-0.3, -0.25) is 9.59 Å². The quantitative estimate of drug-likeness (QED) is 0.767. The Labute approximate surface area is 143 Å². The molecule has 1 fully saturated rings. The van der Waals surface area contributed by atoms with Crippen LogP contribution in [0.1, 0.15) is 51.0 Å². The molecule has 0 saturated carbocycles. The maximum absolute atomic E-state index is 12.1. The molecule has 1 aromatic carbocycles. The van der Waals surface area contributed by atoms with Gasteiger partial charge in [0.2, 0.25) is 5.91 Å². The second kappa shape index (κ2) is 8.83. The van der Waals surface area contributed by atoms with Crippen LogP contribution in [0.2, 0.25) is 0 Å². The van der Waals surface area contributed by atoms with Gasteiger partial charge in [-0.1, -0.05) is 37.3 Å². The summed E-state index contributed by atoms with van der Waals surface area (Å²) in [5, 5.41) is 12.6. The first-order valence-electron chi connectivity index (χ1n) is 8.75. The summed E-state index contributed by atoms with van der Waals surface area (Å²) in [7, 11) is 0. The minimum Gasteiger partial charge on any atom is -0.481 e. The Hall–Kier alpha value is -1.88. The predicted octanol–water partition coefficient (Wildman–Crippen LogP) is 2.88. The number of hydrogen-bond acceptors (Lipinski definition) is 3. The minimum absolute atomic E-state index is 0.104. The van der Waals surface area contributed by atoms with Gasteiger partial charge >= 0.3 is 5.97 Å². The lowest BCUT2D eigenvalue weighted by atomic mass is 9.78. The number of hydrogen-bond donors (Lipinski definition) is 2. The highest BCUT2D eigenvalue weighted by Crippen LogP contribution is 2.28. The fourth-order valence-electron chi connectivity index (χ4n) is 3.20. The third-order valence-electron chi connectivity index (χ3n) is 4.89. The molecule has 0 radical (unpaired) electrons. The molecule has 5 heteroatoms.